The maximum atomic E-state index is 11.8. The third-order valence-corrected chi connectivity index (χ3v) is 1.99. The molecule has 0 radical (unpaired) electrons. The lowest BCUT2D eigenvalue weighted by atomic mass is 10.1. The molecule has 0 aliphatic heterocycles. The van der Waals surface area contributed by atoms with Gasteiger partial charge in [0.2, 0.25) is 0 Å². The van der Waals surface area contributed by atoms with Crippen molar-refractivity contribution in [3.8, 4) is 5.75 Å². The molecule has 0 aliphatic carbocycles. The van der Waals surface area contributed by atoms with E-state index in [4.69, 9.17) is 9.84 Å². The molecule has 0 aliphatic rings. The molecule has 14 heavy (non-hydrogen) atoms. The highest BCUT2D eigenvalue weighted by molar-refractivity contribution is 5.40. The van der Waals surface area contributed by atoms with Gasteiger partial charge in [0.15, 0.2) is 0 Å². The summed E-state index contributed by atoms with van der Waals surface area (Å²) in [6.07, 6.45) is 0.388. The standard InChI is InChI=1S/C11H15FO2/c1-9-4-2-5-10(8-13)11(9)14-7-3-6-12/h2,4-5,13H,3,6-8H2,1H3. The molecular weight excluding hydrogens is 183 g/mol. The summed E-state index contributed by atoms with van der Waals surface area (Å²) < 4.78 is 17.2. The maximum absolute atomic E-state index is 11.8. The van der Waals surface area contributed by atoms with Crippen LogP contribution in [0.3, 0.4) is 0 Å². The summed E-state index contributed by atoms with van der Waals surface area (Å²) in [5, 5.41) is 9.05. The van der Waals surface area contributed by atoms with Gasteiger partial charge in [0, 0.05) is 12.0 Å². The molecule has 0 saturated carbocycles. The summed E-state index contributed by atoms with van der Waals surface area (Å²) in [5.41, 5.74) is 1.72. The highest BCUT2D eigenvalue weighted by Crippen LogP contribution is 2.23. The SMILES string of the molecule is Cc1cccc(CO)c1OCCCF. The van der Waals surface area contributed by atoms with Crippen molar-refractivity contribution < 1.29 is 14.2 Å². The Hall–Kier alpha value is -1.09. The van der Waals surface area contributed by atoms with Gasteiger partial charge in [-0.3, -0.25) is 4.39 Å². The van der Waals surface area contributed by atoms with Crippen LogP contribution in [0.5, 0.6) is 5.75 Å². The number of rotatable bonds is 5. The highest BCUT2D eigenvalue weighted by Gasteiger charge is 2.05. The zero-order chi connectivity index (χ0) is 10.4. The third-order valence-electron chi connectivity index (χ3n) is 1.99. The number of aliphatic hydroxyl groups excluding tert-OH is 1. The van der Waals surface area contributed by atoms with Crippen LogP contribution in [-0.2, 0) is 6.61 Å². The minimum absolute atomic E-state index is 0.0490. The number of aliphatic hydroxyl groups is 1. The van der Waals surface area contributed by atoms with Crippen LogP contribution < -0.4 is 4.74 Å². The van der Waals surface area contributed by atoms with Crippen LogP contribution in [0.15, 0.2) is 18.2 Å². The molecule has 0 fully saturated rings. The Kier molecular flexibility index (Phi) is 4.40. The number of aryl methyl sites for hydroxylation is 1. The lowest BCUT2D eigenvalue weighted by Gasteiger charge is -2.11. The van der Waals surface area contributed by atoms with Gasteiger partial charge in [-0.15, -0.1) is 0 Å². The van der Waals surface area contributed by atoms with E-state index in [9.17, 15) is 4.39 Å². The van der Waals surface area contributed by atoms with Gasteiger partial charge in [0.05, 0.1) is 19.9 Å². The second-order valence-corrected chi connectivity index (χ2v) is 3.11. The summed E-state index contributed by atoms with van der Waals surface area (Å²) >= 11 is 0. The molecular formula is C11H15FO2. The van der Waals surface area contributed by atoms with E-state index in [1.54, 1.807) is 6.07 Å². The number of halogens is 1. The molecule has 2 nitrogen and oxygen atoms in total. The minimum Gasteiger partial charge on any atom is -0.493 e. The average Bonchev–Trinajstić information content (AvgIpc) is 2.20. The van der Waals surface area contributed by atoms with Gasteiger partial charge in [-0.25, -0.2) is 0 Å². The molecule has 0 saturated heterocycles. The van der Waals surface area contributed by atoms with Crippen LogP contribution >= 0.6 is 0 Å². The van der Waals surface area contributed by atoms with Crippen molar-refractivity contribution in [1.82, 2.24) is 0 Å². The number of para-hydroxylation sites is 1. The fourth-order valence-electron chi connectivity index (χ4n) is 1.27. The Morgan fingerprint density at radius 1 is 1.43 bits per heavy atom. The van der Waals surface area contributed by atoms with Crippen LogP contribution in [0.1, 0.15) is 17.5 Å². The van der Waals surface area contributed by atoms with Gasteiger partial charge >= 0.3 is 0 Å². The van der Waals surface area contributed by atoms with E-state index < -0.39 is 0 Å². The van der Waals surface area contributed by atoms with Gasteiger partial charge in [-0.05, 0) is 12.5 Å². The lowest BCUT2D eigenvalue weighted by Crippen LogP contribution is -2.02. The van der Waals surface area contributed by atoms with E-state index in [2.05, 4.69) is 0 Å². The van der Waals surface area contributed by atoms with E-state index in [0.717, 1.165) is 11.1 Å². The van der Waals surface area contributed by atoms with Gasteiger partial charge in [-0.1, -0.05) is 18.2 Å². The van der Waals surface area contributed by atoms with Crippen LogP contribution in [0, 0.1) is 6.92 Å². The molecule has 0 aromatic heterocycles. The molecule has 0 spiro atoms. The predicted octanol–water partition coefficient (Wildman–Crippen LogP) is 2.23. The van der Waals surface area contributed by atoms with Crippen molar-refractivity contribution in [2.45, 2.75) is 20.0 Å². The lowest BCUT2D eigenvalue weighted by molar-refractivity contribution is 0.255. The molecule has 1 N–H and O–H groups in total. The van der Waals surface area contributed by atoms with Crippen molar-refractivity contribution in [1.29, 1.82) is 0 Å². The van der Waals surface area contributed by atoms with Crippen LogP contribution in [-0.4, -0.2) is 18.4 Å². The van der Waals surface area contributed by atoms with Crippen molar-refractivity contribution in [2.24, 2.45) is 0 Å². The predicted molar refractivity (Wildman–Crippen MR) is 53.2 cm³/mol. The Morgan fingerprint density at radius 2 is 2.21 bits per heavy atom. The molecule has 1 aromatic rings. The van der Waals surface area contributed by atoms with Gasteiger partial charge in [0.25, 0.3) is 0 Å². The Labute approximate surface area is 83.3 Å². The fraction of sp³-hybridized carbons (Fsp3) is 0.455. The molecule has 0 bridgehead atoms. The van der Waals surface area contributed by atoms with Crippen LogP contribution in [0.25, 0.3) is 0 Å². The smallest absolute Gasteiger partial charge is 0.127 e. The number of benzene rings is 1. The highest BCUT2D eigenvalue weighted by atomic mass is 19.1. The first-order valence-electron chi connectivity index (χ1n) is 4.67. The molecule has 78 valence electrons. The molecule has 1 aromatic carbocycles. The van der Waals surface area contributed by atoms with E-state index >= 15 is 0 Å². The van der Waals surface area contributed by atoms with Crippen molar-refractivity contribution in [3.63, 3.8) is 0 Å². The molecule has 0 amide bonds. The second kappa shape index (κ2) is 5.60. The first-order chi connectivity index (χ1) is 6.79. The topological polar surface area (TPSA) is 29.5 Å². The average molecular weight is 198 g/mol. The summed E-state index contributed by atoms with van der Waals surface area (Å²) in [6, 6.07) is 5.57. The Balaban J connectivity index is 2.72. The number of ether oxygens (including phenoxy) is 1. The van der Waals surface area contributed by atoms with Crippen molar-refractivity contribution in [2.75, 3.05) is 13.3 Å². The van der Waals surface area contributed by atoms with Gasteiger partial charge in [0.1, 0.15) is 5.75 Å². The third kappa shape index (κ3) is 2.70. The van der Waals surface area contributed by atoms with Crippen LogP contribution in [0.2, 0.25) is 0 Å². The van der Waals surface area contributed by atoms with Gasteiger partial charge in [-0.2, -0.15) is 0 Å². The van der Waals surface area contributed by atoms with Crippen LogP contribution in [0.4, 0.5) is 4.39 Å². The summed E-state index contributed by atoms with van der Waals surface area (Å²) in [4.78, 5) is 0. The summed E-state index contributed by atoms with van der Waals surface area (Å²) in [6.45, 7) is 1.84. The largest absolute Gasteiger partial charge is 0.493 e. The number of alkyl halides is 1. The minimum atomic E-state index is -0.375. The number of hydrogen-bond donors (Lipinski definition) is 1. The monoisotopic (exact) mass is 198 g/mol. The van der Waals surface area contributed by atoms with E-state index in [1.165, 1.54) is 0 Å². The van der Waals surface area contributed by atoms with E-state index in [-0.39, 0.29) is 13.3 Å². The quantitative estimate of drug-likeness (QED) is 0.735. The van der Waals surface area contributed by atoms with E-state index in [1.807, 2.05) is 19.1 Å². The second-order valence-electron chi connectivity index (χ2n) is 3.11. The number of hydrogen-bond acceptors (Lipinski definition) is 2. The first-order valence-corrected chi connectivity index (χ1v) is 4.67. The summed E-state index contributed by atoms with van der Waals surface area (Å²) in [7, 11) is 0. The zero-order valence-electron chi connectivity index (χ0n) is 8.29. The first kappa shape index (κ1) is 11.0. The normalized spacial score (nSPS) is 10.2. The van der Waals surface area contributed by atoms with E-state index in [0.29, 0.717) is 18.8 Å². The maximum Gasteiger partial charge on any atom is 0.127 e. The Bertz CT molecular complexity index is 287. The van der Waals surface area contributed by atoms with Gasteiger partial charge < -0.3 is 9.84 Å². The zero-order valence-corrected chi connectivity index (χ0v) is 8.29. The fourth-order valence-corrected chi connectivity index (χ4v) is 1.27. The van der Waals surface area contributed by atoms with Crippen molar-refractivity contribution >= 4 is 0 Å². The molecule has 1 rings (SSSR count). The van der Waals surface area contributed by atoms with Crippen molar-refractivity contribution in [3.05, 3.63) is 29.3 Å². The molecule has 0 atom stereocenters. The summed E-state index contributed by atoms with van der Waals surface area (Å²) in [5.74, 6) is 0.684. The molecule has 0 heterocycles. The molecule has 0 unspecified atom stereocenters. The Morgan fingerprint density at radius 3 is 2.86 bits per heavy atom. The molecule has 3 heteroatoms.